The number of benzene rings is 2. The molecule has 0 aliphatic heterocycles. The van der Waals surface area contributed by atoms with E-state index in [-0.39, 0.29) is 5.91 Å². The van der Waals surface area contributed by atoms with Gasteiger partial charge in [0.15, 0.2) is 5.13 Å². The highest BCUT2D eigenvalue weighted by molar-refractivity contribution is 7.23. The molecule has 5 aromatic rings. The molecule has 0 aliphatic carbocycles. The van der Waals surface area contributed by atoms with Gasteiger partial charge in [-0.1, -0.05) is 47.2 Å². The quantitative estimate of drug-likeness (QED) is 0.268. The standard InChI is InChI=1S/C24H18ClN3O2S2/c1-2-30-16-10-11-18-20(13-16)32-24(27-18)28(14-15-7-5-6-12-26-15)23(29)22-21(25)17-8-3-4-9-19(17)31-22/h3-13H,2,14H2,1H3. The van der Waals surface area contributed by atoms with E-state index in [1.807, 2.05) is 67.6 Å². The maximum Gasteiger partial charge on any atom is 0.272 e. The molecule has 0 N–H and O–H groups in total. The lowest BCUT2D eigenvalue weighted by Crippen LogP contribution is -2.30. The molecule has 0 bridgehead atoms. The molecule has 5 rings (SSSR count). The second-order valence-corrected chi connectivity index (χ2v) is 9.45. The van der Waals surface area contributed by atoms with Crippen LogP contribution in [0.3, 0.4) is 0 Å². The van der Waals surface area contributed by atoms with Gasteiger partial charge in [-0.05, 0) is 43.3 Å². The van der Waals surface area contributed by atoms with Crippen LogP contribution in [0.25, 0.3) is 20.3 Å². The third-order valence-corrected chi connectivity index (χ3v) is 7.62. The van der Waals surface area contributed by atoms with Crippen LogP contribution in [0.1, 0.15) is 22.3 Å². The van der Waals surface area contributed by atoms with Crippen LogP contribution < -0.4 is 9.64 Å². The molecular formula is C24H18ClN3O2S2. The van der Waals surface area contributed by atoms with Gasteiger partial charge in [-0.25, -0.2) is 4.98 Å². The minimum Gasteiger partial charge on any atom is -0.494 e. The number of pyridine rings is 1. The van der Waals surface area contributed by atoms with Gasteiger partial charge in [0.2, 0.25) is 0 Å². The summed E-state index contributed by atoms with van der Waals surface area (Å²) >= 11 is 9.48. The summed E-state index contributed by atoms with van der Waals surface area (Å²) in [5.74, 6) is 0.594. The van der Waals surface area contributed by atoms with Crippen molar-refractivity contribution in [1.82, 2.24) is 9.97 Å². The number of anilines is 1. The van der Waals surface area contributed by atoms with Crippen molar-refractivity contribution in [3.8, 4) is 5.75 Å². The van der Waals surface area contributed by atoms with Crippen LogP contribution in [0.4, 0.5) is 5.13 Å². The molecule has 3 heterocycles. The first-order valence-electron chi connectivity index (χ1n) is 10.1. The first-order valence-corrected chi connectivity index (χ1v) is 12.1. The first kappa shape index (κ1) is 20.9. The number of hydrogen-bond acceptors (Lipinski definition) is 6. The topological polar surface area (TPSA) is 55.3 Å². The summed E-state index contributed by atoms with van der Waals surface area (Å²) in [7, 11) is 0. The van der Waals surface area contributed by atoms with E-state index in [4.69, 9.17) is 21.3 Å². The molecule has 0 fully saturated rings. The Morgan fingerprint density at radius 2 is 1.91 bits per heavy atom. The summed E-state index contributed by atoms with van der Waals surface area (Å²) in [6.07, 6.45) is 1.72. The average Bonchev–Trinajstić information content (AvgIpc) is 3.39. The number of carbonyl (C=O) groups excluding carboxylic acids is 1. The molecule has 2 aromatic carbocycles. The third kappa shape index (κ3) is 3.95. The van der Waals surface area contributed by atoms with Gasteiger partial charge in [0.25, 0.3) is 5.91 Å². The Labute approximate surface area is 197 Å². The summed E-state index contributed by atoms with van der Waals surface area (Å²) in [5, 5.41) is 1.95. The normalized spacial score (nSPS) is 11.2. The summed E-state index contributed by atoms with van der Waals surface area (Å²) in [6, 6.07) is 19.2. The van der Waals surface area contributed by atoms with Crippen LogP contribution in [0.5, 0.6) is 5.75 Å². The molecule has 8 heteroatoms. The number of fused-ring (bicyclic) bond motifs is 2. The van der Waals surface area contributed by atoms with Gasteiger partial charge in [-0.2, -0.15) is 0 Å². The SMILES string of the molecule is CCOc1ccc2nc(N(Cc3ccccn3)C(=O)c3sc4ccccc4c3Cl)sc2c1. The lowest BCUT2D eigenvalue weighted by atomic mass is 10.2. The maximum absolute atomic E-state index is 13.8. The maximum atomic E-state index is 13.8. The molecule has 0 unspecified atom stereocenters. The highest BCUT2D eigenvalue weighted by Crippen LogP contribution is 2.38. The molecule has 160 valence electrons. The van der Waals surface area contributed by atoms with Crippen molar-refractivity contribution in [1.29, 1.82) is 0 Å². The predicted molar refractivity (Wildman–Crippen MR) is 132 cm³/mol. The number of thiophene rings is 1. The van der Waals surface area contributed by atoms with E-state index in [0.717, 1.165) is 31.7 Å². The summed E-state index contributed by atoms with van der Waals surface area (Å²) in [5.41, 5.74) is 1.59. The van der Waals surface area contributed by atoms with E-state index < -0.39 is 0 Å². The van der Waals surface area contributed by atoms with Crippen molar-refractivity contribution >= 4 is 65.6 Å². The smallest absolute Gasteiger partial charge is 0.272 e. The van der Waals surface area contributed by atoms with Gasteiger partial charge < -0.3 is 4.74 Å². The van der Waals surface area contributed by atoms with Crippen molar-refractivity contribution in [2.24, 2.45) is 0 Å². The van der Waals surface area contributed by atoms with E-state index in [2.05, 4.69) is 4.98 Å². The summed E-state index contributed by atoms with van der Waals surface area (Å²) in [4.78, 5) is 25.1. The molecule has 3 aromatic heterocycles. The Kier molecular flexibility index (Phi) is 5.78. The molecule has 32 heavy (non-hydrogen) atoms. The van der Waals surface area contributed by atoms with Gasteiger partial charge in [-0.3, -0.25) is 14.7 Å². The molecule has 0 saturated carbocycles. The highest BCUT2D eigenvalue weighted by atomic mass is 35.5. The lowest BCUT2D eigenvalue weighted by molar-refractivity contribution is 0.0989. The van der Waals surface area contributed by atoms with E-state index >= 15 is 0 Å². The Morgan fingerprint density at radius 1 is 1.06 bits per heavy atom. The minimum absolute atomic E-state index is 0.189. The number of ether oxygens (including phenoxy) is 1. The van der Waals surface area contributed by atoms with E-state index in [1.165, 1.54) is 22.7 Å². The van der Waals surface area contributed by atoms with Crippen molar-refractivity contribution in [3.05, 3.63) is 82.5 Å². The van der Waals surface area contributed by atoms with Crippen molar-refractivity contribution in [3.63, 3.8) is 0 Å². The van der Waals surface area contributed by atoms with Gasteiger partial charge >= 0.3 is 0 Å². The monoisotopic (exact) mass is 479 g/mol. The molecule has 0 aliphatic rings. The van der Waals surface area contributed by atoms with Gasteiger partial charge in [0, 0.05) is 16.3 Å². The van der Waals surface area contributed by atoms with Gasteiger partial charge in [0.1, 0.15) is 10.6 Å². The van der Waals surface area contributed by atoms with Crippen molar-refractivity contribution < 1.29 is 9.53 Å². The summed E-state index contributed by atoms with van der Waals surface area (Å²) < 4.78 is 7.55. The van der Waals surface area contributed by atoms with Crippen LogP contribution in [0.15, 0.2) is 66.9 Å². The third-order valence-electron chi connectivity index (χ3n) is 4.91. The van der Waals surface area contributed by atoms with Crippen LogP contribution in [0.2, 0.25) is 5.02 Å². The largest absolute Gasteiger partial charge is 0.494 e. The number of halogens is 1. The minimum atomic E-state index is -0.189. The molecule has 1 amide bonds. The van der Waals surface area contributed by atoms with E-state index in [0.29, 0.717) is 28.2 Å². The number of carbonyl (C=O) groups is 1. The Morgan fingerprint density at radius 3 is 2.69 bits per heavy atom. The first-order chi connectivity index (χ1) is 15.6. The van der Waals surface area contributed by atoms with Crippen LogP contribution in [0, 0.1) is 0 Å². The molecule has 0 atom stereocenters. The van der Waals surface area contributed by atoms with E-state index in [9.17, 15) is 4.79 Å². The predicted octanol–water partition coefficient (Wildman–Crippen LogP) is 6.81. The number of thiazole rings is 1. The fourth-order valence-corrected chi connectivity index (χ4v) is 5.87. The second-order valence-electron chi connectivity index (χ2n) is 7.01. The molecule has 0 spiro atoms. The number of aromatic nitrogens is 2. The number of nitrogens with zero attached hydrogens (tertiary/aromatic N) is 3. The zero-order chi connectivity index (χ0) is 22.1. The van der Waals surface area contributed by atoms with Crippen LogP contribution in [-0.4, -0.2) is 22.5 Å². The van der Waals surface area contributed by atoms with Crippen LogP contribution >= 0.6 is 34.3 Å². The van der Waals surface area contributed by atoms with Crippen molar-refractivity contribution in [2.75, 3.05) is 11.5 Å². The lowest BCUT2D eigenvalue weighted by Gasteiger charge is -2.19. The van der Waals surface area contributed by atoms with Crippen molar-refractivity contribution in [2.45, 2.75) is 13.5 Å². The Bertz CT molecular complexity index is 1420. The Hall–Kier alpha value is -3.00. The van der Waals surface area contributed by atoms with Crippen LogP contribution in [-0.2, 0) is 6.54 Å². The second kappa shape index (κ2) is 8.86. The van der Waals surface area contributed by atoms with Gasteiger partial charge in [0.05, 0.1) is 34.1 Å². The zero-order valence-corrected chi connectivity index (χ0v) is 19.5. The Balaban J connectivity index is 1.59. The fraction of sp³-hybridized carbons (Fsp3) is 0.125. The number of amides is 1. The molecule has 5 nitrogen and oxygen atoms in total. The highest BCUT2D eigenvalue weighted by Gasteiger charge is 2.26. The zero-order valence-electron chi connectivity index (χ0n) is 17.1. The number of rotatable bonds is 6. The molecule has 0 saturated heterocycles. The van der Waals surface area contributed by atoms with Gasteiger partial charge in [-0.15, -0.1) is 11.3 Å². The average molecular weight is 480 g/mol. The number of hydrogen-bond donors (Lipinski definition) is 0. The van der Waals surface area contributed by atoms with E-state index in [1.54, 1.807) is 11.1 Å². The fourth-order valence-electron chi connectivity index (χ4n) is 3.42. The molecular weight excluding hydrogens is 462 g/mol. The molecule has 0 radical (unpaired) electrons. The summed E-state index contributed by atoms with van der Waals surface area (Å²) in [6.45, 7) is 2.83.